The molecule has 1 aromatic rings. The van der Waals surface area contributed by atoms with Crippen molar-refractivity contribution in [2.75, 3.05) is 34.4 Å². The molecule has 1 fully saturated rings. The molecule has 1 unspecified atom stereocenters. The third-order valence-electron chi connectivity index (χ3n) is 4.36. The number of carbonyl (C=O) groups is 3. The van der Waals surface area contributed by atoms with Gasteiger partial charge >= 0.3 is 17.9 Å². The average molecular weight is 350 g/mol. The third kappa shape index (κ3) is 2.58. The summed E-state index contributed by atoms with van der Waals surface area (Å²) < 4.78 is 13.3. The highest BCUT2D eigenvalue weighted by atomic mass is 16.5. The molecule has 2 aliphatic rings. The normalized spacial score (nSPS) is 19.0. The summed E-state index contributed by atoms with van der Waals surface area (Å²) in [6.45, 7) is 2.55. The lowest BCUT2D eigenvalue weighted by atomic mass is 10.1. The first-order valence-electron chi connectivity index (χ1n) is 7.75. The standard InChI is InChI=1S/C15H20N5O5/c1-9-7-19-11-12(16-14(19)18(9)5-6-24-3)17(2)15(23)20(13(11)22)8-10(21)25-4/h7,11H,5-6,8H2,1-4H3/q+1. The fourth-order valence-electron chi connectivity index (χ4n) is 3.03. The van der Waals surface area contributed by atoms with E-state index in [1.165, 1.54) is 19.1 Å². The van der Waals surface area contributed by atoms with Gasteiger partial charge in [-0.25, -0.2) is 18.8 Å². The fraction of sp³-hybridized carbons (Fsp3) is 0.533. The first-order valence-corrected chi connectivity index (χ1v) is 7.75. The summed E-state index contributed by atoms with van der Waals surface area (Å²) in [6.07, 6.45) is 1.81. The molecule has 134 valence electrons. The molecule has 1 atom stereocenters. The Morgan fingerprint density at radius 2 is 2.08 bits per heavy atom. The van der Waals surface area contributed by atoms with Gasteiger partial charge < -0.3 is 9.47 Å². The molecule has 10 nitrogen and oxygen atoms in total. The first kappa shape index (κ1) is 17.1. The highest BCUT2D eigenvalue weighted by Crippen LogP contribution is 2.29. The second kappa shape index (κ2) is 6.28. The Labute approximate surface area is 144 Å². The molecular weight excluding hydrogens is 330 g/mol. The molecule has 0 N–H and O–H groups in total. The molecule has 0 bridgehead atoms. The van der Waals surface area contributed by atoms with E-state index in [0.29, 0.717) is 24.9 Å². The molecule has 3 rings (SSSR count). The number of likely N-dealkylation sites (N-methyl/N-ethyl adjacent to an activating group) is 1. The van der Waals surface area contributed by atoms with Crippen molar-refractivity contribution in [1.82, 2.24) is 14.4 Å². The number of esters is 1. The van der Waals surface area contributed by atoms with Crippen molar-refractivity contribution in [3.63, 3.8) is 0 Å². The van der Waals surface area contributed by atoms with E-state index in [4.69, 9.17) is 4.74 Å². The number of nitrogens with zero attached hydrogens (tertiary/aromatic N) is 5. The van der Waals surface area contributed by atoms with Crippen molar-refractivity contribution in [2.45, 2.75) is 19.5 Å². The summed E-state index contributed by atoms with van der Waals surface area (Å²) in [5.74, 6) is -0.243. The number of rotatable bonds is 5. The summed E-state index contributed by atoms with van der Waals surface area (Å²) in [5.41, 5.74) is 0.918. The maximum atomic E-state index is 12.8. The topological polar surface area (TPSA) is 97.3 Å². The Morgan fingerprint density at radius 1 is 1.36 bits per heavy atom. The molecule has 25 heavy (non-hydrogen) atoms. The molecule has 0 radical (unpaired) electrons. The van der Waals surface area contributed by atoms with E-state index in [-0.39, 0.29) is 0 Å². The maximum absolute atomic E-state index is 12.8. The van der Waals surface area contributed by atoms with Crippen molar-refractivity contribution in [3.8, 4) is 0 Å². The number of aliphatic imine (C=N–C) groups is 1. The molecule has 0 aromatic carbocycles. The Balaban J connectivity index is 2.00. The van der Waals surface area contributed by atoms with Crippen LogP contribution in [-0.4, -0.2) is 72.5 Å². The van der Waals surface area contributed by atoms with E-state index in [9.17, 15) is 14.4 Å². The molecule has 3 heterocycles. The number of hydrogen-bond acceptors (Lipinski definition) is 6. The highest BCUT2D eigenvalue weighted by molar-refractivity contribution is 6.19. The fourth-order valence-corrected chi connectivity index (χ4v) is 3.03. The van der Waals surface area contributed by atoms with E-state index < -0.39 is 30.5 Å². The van der Waals surface area contributed by atoms with E-state index in [0.717, 1.165) is 10.6 Å². The van der Waals surface area contributed by atoms with Gasteiger partial charge in [0.25, 0.3) is 5.91 Å². The van der Waals surface area contributed by atoms with Crippen LogP contribution in [0.3, 0.4) is 0 Å². The number of hydrogen-bond donors (Lipinski definition) is 0. The van der Waals surface area contributed by atoms with E-state index >= 15 is 0 Å². The zero-order chi connectivity index (χ0) is 18.3. The maximum Gasteiger partial charge on any atom is 0.402 e. The second-order valence-electron chi connectivity index (χ2n) is 5.84. The number of aromatic nitrogens is 2. The number of aryl methyl sites for hydroxylation is 1. The van der Waals surface area contributed by atoms with Crippen LogP contribution in [0, 0.1) is 6.92 Å². The van der Waals surface area contributed by atoms with Crippen LogP contribution in [0.5, 0.6) is 0 Å². The minimum absolute atomic E-state index is 0.345. The molecular formula is C15H20N5O5+. The van der Waals surface area contributed by atoms with Crippen LogP contribution in [0.15, 0.2) is 11.2 Å². The van der Waals surface area contributed by atoms with E-state index in [1.54, 1.807) is 11.7 Å². The summed E-state index contributed by atoms with van der Waals surface area (Å²) in [6, 6.07) is -1.37. The summed E-state index contributed by atoms with van der Waals surface area (Å²) in [7, 11) is 4.35. The van der Waals surface area contributed by atoms with Crippen LogP contribution in [0.1, 0.15) is 11.7 Å². The van der Waals surface area contributed by atoms with Crippen LogP contribution in [-0.2, 0) is 25.6 Å². The Hall–Kier alpha value is -2.75. The van der Waals surface area contributed by atoms with Gasteiger partial charge in [-0.2, -0.15) is 0 Å². The second-order valence-corrected chi connectivity index (χ2v) is 5.84. The summed E-state index contributed by atoms with van der Waals surface area (Å²) in [4.78, 5) is 43.5. The number of amides is 3. The van der Waals surface area contributed by atoms with E-state index in [1.807, 2.05) is 17.7 Å². The zero-order valence-electron chi connectivity index (χ0n) is 14.6. The molecule has 0 spiro atoms. The third-order valence-corrected chi connectivity index (χ3v) is 4.36. The number of urea groups is 1. The number of ether oxygens (including phenoxy) is 2. The van der Waals surface area contributed by atoms with E-state index in [2.05, 4.69) is 9.73 Å². The Kier molecular flexibility index (Phi) is 4.29. The predicted octanol–water partition coefficient (Wildman–Crippen LogP) is -0.618. The van der Waals surface area contributed by atoms with Gasteiger partial charge in [0.2, 0.25) is 11.9 Å². The number of amidine groups is 1. The molecule has 2 aliphatic heterocycles. The molecule has 3 amide bonds. The number of carbonyl (C=O) groups excluding carboxylic acids is 3. The average Bonchev–Trinajstić information content (AvgIpc) is 3.09. The van der Waals surface area contributed by atoms with Gasteiger partial charge in [0.1, 0.15) is 18.4 Å². The largest absolute Gasteiger partial charge is 0.468 e. The van der Waals surface area contributed by atoms with Crippen molar-refractivity contribution in [3.05, 3.63) is 11.9 Å². The predicted molar refractivity (Wildman–Crippen MR) is 84.3 cm³/mol. The van der Waals surface area contributed by atoms with Crippen LogP contribution < -0.4 is 4.57 Å². The van der Waals surface area contributed by atoms with Gasteiger partial charge in [0.05, 0.1) is 20.3 Å². The minimum atomic E-state index is -0.773. The lowest BCUT2D eigenvalue weighted by Gasteiger charge is -2.32. The van der Waals surface area contributed by atoms with Gasteiger partial charge in [-0.3, -0.25) is 14.5 Å². The lowest BCUT2D eigenvalue weighted by Crippen LogP contribution is -2.63. The smallest absolute Gasteiger partial charge is 0.402 e. The van der Waals surface area contributed by atoms with Crippen molar-refractivity contribution in [1.29, 1.82) is 0 Å². The quantitative estimate of drug-likeness (QED) is 0.521. The van der Waals surface area contributed by atoms with Crippen LogP contribution in [0.4, 0.5) is 10.7 Å². The first-order chi connectivity index (χ1) is 11.9. The molecule has 1 aromatic heterocycles. The van der Waals surface area contributed by atoms with Crippen molar-refractivity contribution >= 4 is 29.7 Å². The number of imide groups is 1. The van der Waals surface area contributed by atoms with Gasteiger partial charge in [0, 0.05) is 14.2 Å². The summed E-state index contributed by atoms with van der Waals surface area (Å²) >= 11 is 0. The van der Waals surface area contributed by atoms with Crippen molar-refractivity contribution < 1.29 is 28.4 Å². The Morgan fingerprint density at radius 3 is 2.72 bits per heavy atom. The van der Waals surface area contributed by atoms with Crippen LogP contribution in [0.2, 0.25) is 0 Å². The van der Waals surface area contributed by atoms with Gasteiger partial charge in [-0.15, -0.1) is 0 Å². The molecule has 10 heteroatoms. The van der Waals surface area contributed by atoms with Gasteiger partial charge in [-0.1, -0.05) is 4.99 Å². The number of fused-ring (bicyclic) bond motifs is 3. The zero-order valence-corrected chi connectivity index (χ0v) is 14.6. The summed E-state index contributed by atoms with van der Waals surface area (Å²) in [5, 5.41) is 0. The SMILES string of the molecule is COCCn1c(C)c[n+]2c1N=C1C2C(=O)N(CC(=O)OC)C(=O)N1C. The Bertz CT molecular complexity index is 784. The van der Waals surface area contributed by atoms with Crippen LogP contribution >= 0.6 is 0 Å². The van der Waals surface area contributed by atoms with Crippen molar-refractivity contribution in [2.24, 2.45) is 4.99 Å². The number of imidazole rings is 1. The molecule has 0 aliphatic carbocycles. The lowest BCUT2D eigenvalue weighted by molar-refractivity contribution is -0.677. The minimum Gasteiger partial charge on any atom is -0.468 e. The van der Waals surface area contributed by atoms with Gasteiger partial charge in [0.15, 0.2) is 0 Å². The number of methoxy groups -OCH3 is 2. The monoisotopic (exact) mass is 350 g/mol. The van der Waals surface area contributed by atoms with Crippen LogP contribution in [0.25, 0.3) is 0 Å². The molecule has 1 saturated heterocycles. The molecule has 0 saturated carbocycles. The van der Waals surface area contributed by atoms with Gasteiger partial charge in [-0.05, 0) is 6.92 Å². The highest BCUT2D eigenvalue weighted by Gasteiger charge is 2.53.